The molecule has 31 heavy (non-hydrogen) atoms. The van der Waals surface area contributed by atoms with Crippen LogP contribution in [0.1, 0.15) is 58.0 Å². The van der Waals surface area contributed by atoms with E-state index in [2.05, 4.69) is 76.5 Å². The van der Waals surface area contributed by atoms with Gasteiger partial charge in [0.2, 0.25) is 0 Å². The lowest BCUT2D eigenvalue weighted by molar-refractivity contribution is 0.0694. The van der Waals surface area contributed by atoms with Gasteiger partial charge in [-0.2, -0.15) is 0 Å². The van der Waals surface area contributed by atoms with Crippen molar-refractivity contribution >= 4 is 17.7 Å². The van der Waals surface area contributed by atoms with Gasteiger partial charge in [-0.15, -0.1) is 10.2 Å². The smallest absolute Gasteiger partial charge is 0.191 e. The number of hydrogen-bond donors (Lipinski definition) is 2. The number of thioether (sulfide) groups is 1. The highest BCUT2D eigenvalue weighted by Crippen LogP contribution is 2.39. The monoisotopic (exact) mass is 444 g/mol. The first kappa shape index (κ1) is 23.4. The Morgan fingerprint density at radius 2 is 2.10 bits per heavy atom. The highest BCUT2D eigenvalue weighted by molar-refractivity contribution is 7.98. The molecule has 170 valence electrons. The summed E-state index contributed by atoms with van der Waals surface area (Å²) in [5, 5.41) is 16.8. The number of rotatable bonds is 8. The van der Waals surface area contributed by atoms with E-state index < -0.39 is 0 Å². The van der Waals surface area contributed by atoms with Crippen LogP contribution in [-0.2, 0) is 13.0 Å². The summed E-state index contributed by atoms with van der Waals surface area (Å²) in [4.78, 5) is 4.44. The van der Waals surface area contributed by atoms with Crippen molar-refractivity contribution in [3.05, 3.63) is 35.7 Å². The number of benzene rings is 1. The van der Waals surface area contributed by atoms with E-state index in [1.807, 2.05) is 19.2 Å². The Morgan fingerprint density at radius 3 is 2.81 bits per heavy atom. The standard InChI is InChI=1S/C23H36N6OS/c1-16(2)15-29-20(27-28-22(29)31-6)12-9-13-25-21(24-5)26-18-14-23(3,4)30-19-11-8-7-10-17(18)19/h7-8,10-11,16,18H,9,12-15H2,1-6H3,(H2,24,25,26). The van der Waals surface area contributed by atoms with Crippen molar-refractivity contribution < 1.29 is 4.74 Å². The van der Waals surface area contributed by atoms with Gasteiger partial charge in [-0.25, -0.2) is 0 Å². The first-order valence-corrected chi connectivity index (χ1v) is 12.3. The van der Waals surface area contributed by atoms with Crippen molar-refractivity contribution in [1.29, 1.82) is 0 Å². The van der Waals surface area contributed by atoms with Crippen LogP contribution >= 0.6 is 11.8 Å². The van der Waals surface area contributed by atoms with Crippen LogP contribution in [-0.4, -0.2) is 46.2 Å². The van der Waals surface area contributed by atoms with E-state index in [0.717, 1.165) is 55.0 Å². The molecule has 1 aromatic carbocycles. The number of aromatic nitrogens is 3. The zero-order valence-corrected chi connectivity index (χ0v) is 20.4. The van der Waals surface area contributed by atoms with Gasteiger partial charge >= 0.3 is 0 Å². The number of nitrogens with one attached hydrogen (secondary N) is 2. The van der Waals surface area contributed by atoms with Crippen LogP contribution in [0.4, 0.5) is 0 Å². The molecule has 1 aromatic heterocycles. The fourth-order valence-corrected chi connectivity index (χ4v) is 4.47. The van der Waals surface area contributed by atoms with Crippen molar-refractivity contribution in [2.75, 3.05) is 19.8 Å². The quantitative estimate of drug-likeness (QED) is 0.277. The number of hydrogen-bond acceptors (Lipinski definition) is 5. The molecule has 2 heterocycles. The SMILES string of the molecule is CN=C(NCCCc1nnc(SC)n1CC(C)C)NC1CC(C)(C)Oc2ccccc21. The van der Waals surface area contributed by atoms with Gasteiger partial charge in [0.25, 0.3) is 0 Å². The van der Waals surface area contributed by atoms with Gasteiger partial charge < -0.3 is 19.9 Å². The largest absolute Gasteiger partial charge is 0.487 e. The van der Waals surface area contributed by atoms with Crippen LogP contribution in [0, 0.1) is 5.92 Å². The molecule has 0 amide bonds. The third kappa shape index (κ3) is 6.15. The van der Waals surface area contributed by atoms with Crippen molar-refractivity contribution in [2.24, 2.45) is 10.9 Å². The molecule has 0 fully saturated rings. The molecule has 7 nitrogen and oxygen atoms in total. The lowest BCUT2D eigenvalue weighted by Crippen LogP contribution is -2.45. The molecule has 0 saturated carbocycles. The first-order valence-electron chi connectivity index (χ1n) is 11.0. The van der Waals surface area contributed by atoms with Crippen LogP contribution in [0.25, 0.3) is 0 Å². The first-order chi connectivity index (χ1) is 14.8. The average molecular weight is 445 g/mol. The lowest BCUT2D eigenvalue weighted by atomic mass is 9.90. The number of para-hydroxylation sites is 1. The fourth-order valence-electron chi connectivity index (χ4n) is 3.95. The van der Waals surface area contributed by atoms with E-state index in [1.54, 1.807) is 11.8 Å². The van der Waals surface area contributed by atoms with Crippen LogP contribution in [0.2, 0.25) is 0 Å². The van der Waals surface area contributed by atoms with E-state index in [-0.39, 0.29) is 11.6 Å². The summed E-state index contributed by atoms with van der Waals surface area (Å²) < 4.78 is 8.40. The Hall–Kier alpha value is -2.22. The van der Waals surface area contributed by atoms with Crippen molar-refractivity contribution in [3.8, 4) is 5.75 Å². The second-order valence-corrected chi connectivity index (χ2v) is 9.78. The predicted octanol–water partition coefficient (Wildman–Crippen LogP) is 4.06. The molecule has 1 aliphatic rings. The zero-order chi connectivity index (χ0) is 22.4. The van der Waals surface area contributed by atoms with Gasteiger partial charge in [-0.1, -0.05) is 43.8 Å². The van der Waals surface area contributed by atoms with E-state index in [4.69, 9.17) is 4.74 Å². The molecule has 3 rings (SSSR count). The fraction of sp³-hybridized carbons (Fsp3) is 0.609. The molecule has 0 bridgehead atoms. The van der Waals surface area contributed by atoms with Crippen LogP contribution < -0.4 is 15.4 Å². The van der Waals surface area contributed by atoms with Gasteiger partial charge in [0.1, 0.15) is 17.2 Å². The topological polar surface area (TPSA) is 76.4 Å². The Balaban J connectivity index is 1.56. The highest BCUT2D eigenvalue weighted by atomic mass is 32.2. The van der Waals surface area contributed by atoms with Crippen molar-refractivity contribution in [2.45, 2.75) is 70.3 Å². The molecule has 2 aromatic rings. The maximum Gasteiger partial charge on any atom is 0.191 e. The Bertz CT molecular complexity index is 892. The van der Waals surface area contributed by atoms with Crippen molar-refractivity contribution in [3.63, 3.8) is 0 Å². The van der Waals surface area contributed by atoms with Gasteiger partial charge in [0.05, 0.1) is 6.04 Å². The molecule has 0 saturated heterocycles. The summed E-state index contributed by atoms with van der Waals surface area (Å²) in [6, 6.07) is 8.40. The number of fused-ring (bicyclic) bond motifs is 1. The molecule has 8 heteroatoms. The third-order valence-corrected chi connectivity index (χ3v) is 5.97. The van der Waals surface area contributed by atoms with E-state index in [0.29, 0.717) is 5.92 Å². The molecule has 0 radical (unpaired) electrons. The molecule has 1 atom stereocenters. The Labute approximate surface area is 190 Å². The van der Waals surface area contributed by atoms with Crippen molar-refractivity contribution in [1.82, 2.24) is 25.4 Å². The van der Waals surface area contributed by atoms with E-state index in [1.165, 1.54) is 5.56 Å². The zero-order valence-electron chi connectivity index (χ0n) is 19.6. The predicted molar refractivity (Wildman–Crippen MR) is 128 cm³/mol. The summed E-state index contributed by atoms with van der Waals surface area (Å²) in [5.74, 6) is 3.38. The minimum Gasteiger partial charge on any atom is -0.487 e. The van der Waals surface area contributed by atoms with Gasteiger partial charge in [0.15, 0.2) is 11.1 Å². The normalized spacial score (nSPS) is 17.9. The second kappa shape index (κ2) is 10.4. The number of ether oxygens (including phenoxy) is 1. The van der Waals surface area contributed by atoms with E-state index in [9.17, 15) is 0 Å². The summed E-state index contributed by atoms with van der Waals surface area (Å²) >= 11 is 1.65. The lowest BCUT2D eigenvalue weighted by Gasteiger charge is -2.38. The van der Waals surface area contributed by atoms with Gasteiger partial charge in [0, 0.05) is 38.5 Å². The Kier molecular flexibility index (Phi) is 7.86. The average Bonchev–Trinajstić information content (AvgIpc) is 3.10. The van der Waals surface area contributed by atoms with Crippen LogP contribution in [0.5, 0.6) is 5.75 Å². The van der Waals surface area contributed by atoms with Crippen LogP contribution in [0.15, 0.2) is 34.4 Å². The molecular formula is C23H36N6OS. The molecule has 2 N–H and O–H groups in total. The number of aryl methyl sites for hydroxylation is 1. The summed E-state index contributed by atoms with van der Waals surface area (Å²) in [6.45, 7) is 10.5. The number of guanidine groups is 1. The van der Waals surface area contributed by atoms with Gasteiger partial charge in [-0.3, -0.25) is 4.99 Å². The van der Waals surface area contributed by atoms with Crippen LogP contribution in [0.3, 0.4) is 0 Å². The molecule has 0 spiro atoms. The highest BCUT2D eigenvalue weighted by Gasteiger charge is 2.33. The molecule has 1 unspecified atom stereocenters. The Morgan fingerprint density at radius 1 is 1.32 bits per heavy atom. The summed E-state index contributed by atoms with van der Waals surface area (Å²) in [6.07, 6.45) is 4.77. The number of nitrogens with zero attached hydrogens (tertiary/aromatic N) is 4. The molecule has 1 aliphatic heterocycles. The maximum atomic E-state index is 6.14. The van der Waals surface area contributed by atoms with E-state index >= 15 is 0 Å². The minimum atomic E-state index is -0.222. The minimum absolute atomic E-state index is 0.157. The third-order valence-electron chi connectivity index (χ3n) is 5.30. The maximum absolute atomic E-state index is 6.14. The molecule has 0 aliphatic carbocycles. The second-order valence-electron chi connectivity index (χ2n) is 9.01. The van der Waals surface area contributed by atoms with Gasteiger partial charge in [-0.05, 0) is 38.5 Å². The number of aliphatic imine (C=N–C) groups is 1. The summed E-state index contributed by atoms with van der Waals surface area (Å²) in [7, 11) is 1.82. The summed E-state index contributed by atoms with van der Waals surface area (Å²) in [5.41, 5.74) is 0.955. The molecular weight excluding hydrogens is 408 g/mol.